The number of ether oxygens (including phenoxy) is 1. The van der Waals surface area contributed by atoms with Crippen LogP contribution in [0.5, 0.6) is 5.75 Å². The summed E-state index contributed by atoms with van der Waals surface area (Å²) >= 11 is 0. The molecule has 1 aromatic rings. The van der Waals surface area contributed by atoms with Gasteiger partial charge in [-0.3, -0.25) is 4.79 Å². The Morgan fingerprint density at radius 2 is 1.16 bits per heavy atom. The molecule has 0 fully saturated rings. The van der Waals surface area contributed by atoms with Crippen molar-refractivity contribution < 1.29 is 9.53 Å². The van der Waals surface area contributed by atoms with Gasteiger partial charge in [0.15, 0.2) is 0 Å². The fourth-order valence-electron chi connectivity index (χ4n) is 3.22. The lowest BCUT2D eigenvalue weighted by Crippen LogP contribution is -2.09. The van der Waals surface area contributed by atoms with Crippen molar-refractivity contribution in [2.75, 3.05) is 0 Å². The molecule has 1 rings (SSSR count). The van der Waals surface area contributed by atoms with E-state index in [-0.39, 0.29) is 5.97 Å². The number of esters is 1. The lowest BCUT2D eigenvalue weighted by molar-refractivity contribution is -0.134. The second kappa shape index (κ2) is 17.1. The second-order valence-corrected chi connectivity index (χ2v) is 7.79. The molecule has 0 saturated heterocycles. The van der Waals surface area contributed by atoms with Crippen molar-refractivity contribution in [2.45, 2.75) is 79.1 Å². The second-order valence-electron chi connectivity index (χ2n) is 7.79. The fourth-order valence-corrected chi connectivity index (χ4v) is 3.22. The van der Waals surface area contributed by atoms with Crippen LogP contribution in [0, 0.1) is 20.8 Å². The van der Waals surface area contributed by atoms with Crippen LogP contribution in [0.2, 0.25) is 0 Å². The van der Waals surface area contributed by atoms with Crippen LogP contribution in [0.4, 0.5) is 0 Å². The van der Waals surface area contributed by atoms with E-state index in [9.17, 15) is 4.79 Å². The highest BCUT2D eigenvalue weighted by Gasteiger charge is 2.09. The SMILES string of the molecule is CCC=CCC=CCC=CCC=CCCC=CCCC(=O)Oc1c(C)cc(C)cc1C. The molecule has 2 nitrogen and oxygen atoms in total. The molecule has 1 aromatic carbocycles. The van der Waals surface area contributed by atoms with Crippen LogP contribution < -0.4 is 4.74 Å². The van der Waals surface area contributed by atoms with Crippen LogP contribution in [0.15, 0.2) is 72.9 Å². The van der Waals surface area contributed by atoms with Gasteiger partial charge in [-0.05, 0) is 76.8 Å². The molecule has 0 heterocycles. The first-order valence-electron chi connectivity index (χ1n) is 11.6. The number of carbonyl (C=O) groups is 1. The van der Waals surface area contributed by atoms with Crippen molar-refractivity contribution in [1.29, 1.82) is 0 Å². The molecule has 0 N–H and O–H groups in total. The molecule has 0 aromatic heterocycles. The van der Waals surface area contributed by atoms with Crippen molar-refractivity contribution in [1.82, 2.24) is 0 Å². The summed E-state index contributed by atoms with van der Waals surface area (Å²) in [6, 6.07) is 4.09. The van der Waals surface area contributed by atoms with Crippen LogP contribution in [0.3, 0.4) is 0 Å². The number of hydrogen-bond acceptors (Lipinski definition) is 2. The van der Waals surface area contributed by atoms with E-state index >= 15 is 0 Å². The molecule has 0 radical (unpaired) electrons. The first kappa shape index (κ1) is 26.4. The fraction of sp³-hybridized carbons (Fsp3) is 0.414. The Hall–Kier alpha value is -2.61. The van der Waals surface area contributed by atoms with Crippen LogP contribution >= 0.6 is 0 Å². The third-order valence-electron chi connectivity index (χ3n) is 4.72. The van der Waals surface area contributed by atoms with E-state index < -0.39 is 0 Å². The maximum atomic E-state index is 12.1. The van der Waals surface area contributed by atoms with Gasteiger partial charge in [-0.15, -0.1) is 0 Å². The lowest BCUT2D eigenvalue weighted by Gasteiger charge is -2.11. The van der Waals surface area contributed by atoms with Gasteiger partial charge in [-0.25, -0.2) is 0 Å². The molecule has 2 heteroatoms. The summed E-state index contributed by atoms with van der Waals surface area (Å²) in [5.74, 6) is 0.539. The summed E-state index contributed by atoms with van der Waals surface area (Å²) in [4.78, 5) is 12.1. The van der Waals surface area contributed by atoms with Crippen LogP contribution in [0.1, 0.15) is 75.0 Å². The Kier molecular flexibility index (Phi) is 14.6. The third kappa shape index (κ3) is 13.3. The molecule has 0 aliphatic heterocycles. The Bertz CT molecular complexity index is 768. The summed E-state index contributed by atoms with van der Waals surface area (Å²) in [6.45, 7) is 8.17. The summed E-state index contributed by atoms with van der Waals surface area (Å²) in [7, 11) is 0. The minimum Gasteiger partial charge on any atom is -0.426 e. The first-order chi connectivity index (χ1) is 15.0. The number of hydrogen-bond donors (Lipinski definition) is 0. The molecule has 168 valence electrons. The van der Waals surface area contributed by atoms with E-state index in [1.807, 2.05) is 26.0 Å². The average molecular weight is 421 g/mol. The number of carbonyl (C=O) groups excluding carboxylic acids is 1. The highest BCUT2D eigenvalue weighted by atomic mass is 16.5. The number of benzene rings is 1. The van der Waals surface area contributed by atoms with Crippen molar-refractivity contribution >= 4 is 5.97 Å². The number of aryl methyl sites for hydroxylation is 3. The van der Waals surface area contributed by atoms with Crippen molar-refractivity contribution in [3.05, 3.63) is 89.6 Å². The molecule has 0 spiro atoms. The molecule has 0 unspecified atom stereocenters. The van der Waals surface area contributed by atoms with Gasteiger partial charge < -0.3 is 4.74 Å². The van der Waals surface area contributed by atoms with E-state index in [0.717, 1.165) is 56.1 Å². The Morgan fingerprint density at radius 1 is 0.710 bits per heavy atom. The van der Waals surface area contributed by atoms with E-state index in [2.05, 4.69) is 74.6 Å². The molecular weight excluding hydrogens is 380 g/mol. The smallest absolute Gasteiger partial charge is 0.311 e. The van der Waals surface area contributed by atoms with E-state index in [1.165, 1.54) is 5.56 Å². The highest BCUT2D eigenvalue weighted by molar-refractivity contribution is 5.73. The van der Waals surface area contributed by atoms with Gasteiger partial charge in [-0.1, -0.05) is 85.4 Å². The first-order valence-corrected chi connectivity index (χ1v) is 11.6. The lowest BCUT2D eigenvalue weighted by atomic mass is 10.1. The van der Waals surface area contributed by atoms with Gasteiger partial charge in [0.25, 0.3) is 0 Å². The predicted octanol–water partition coefficient (Wildman–Crippen LogP) is 8.44. The van der Waals surface area contributed by atoms with Crippen LogP contribution in [0.25, 0.3) is 0 Å². The van der Waals surface area contributed by atoms with Gasteiger partial charge in [0.2, 0.25) is 0 Å². The van der Waals surface area contributed by atoms with Gasteiger partial charge in [0, 0.05) is 6.42 Å². The number of rotatable bonds is 14. The molecule has 0 bridgehead atoms. The molecule has 0 atom stereocenters. The number of unbranched alkanes of at least 4 members (excludes halogenated alkanes) is 1. The molecule has 0 saturated carbocycles. The summed E-state index contributed by atoms with van der Waals surface area (Å²) in [5.41, 5.74) is 3.21. The number of allylic oxidation sites excluding steroid dienone is 10. The van der Waals surface area contributed by atoms with Gasteiger partial charge in [0.1, 0.15) is 5.75 Å². The minimum atomic E-state index is -0.168. The van der Waals surface area contributed by atoms with Gasteiger partial charge in [-0.2, -0.15) is 0 Å². The van der Waals surface area contributed by atoms with Gasteiger partial charge in [0.05, 0.1) is 0 Å². The van der Waals surface area contributed by atoms with Crippen molar-refractivity contribution in [3.63, 3.8) is 0 Å². The van der Waals surface area contributed by atoms with E-state index in [0.29, 0.717) is 12.2 Å². The van der Waals surface area contributed by atoms with Gasteiger partial charge >= 0.3 is 5.97 Å². The van der Waals surface area contributed by atoms with Crippen LogP contribution in [-0.2, 0) is 4.79 Å². The summed E-state index contributed by atoms with van der Waals surface area (Å²) < 4.78 is 5.56. The average Bonchev–Trinajstić information content (AvgIpc) is 2.73. The Labute approximate surface area is 190 Å². The minimum absolute atomic E-state index is 0.168. The zero-order chi connectivity index (χ0) is 22.7. The molecule has 0 amide bonds. The Morgan fingerprint density at radius 3 is 1.71 bits per heavy atom. The molecule has 31 heavy (non-hydrogen) atoms. The normalized spacial score (nSPS) is 12.4. The monoisotopic (exact) mass is 420 g/mol. The van der Waals surface area contributed by atoms with Crippen LogP contribution in [-0.4, -0.2) is 5.97 Å². The van der Waals surface area contributed by atoms with Crippen molar-refractivity contribution in [3.8, 4) is 5.75 Å². The highest BCUT2D eigenvalue weighted by Crippen LogP contribution is 2.25. The maximum Gasteiger partial charge on any atom is 0.311 e. The largest absolute Gasteiger partial charge is 0.426 e. The maximum absolute atomic E-state index is 12.1. The zero-order valence-corrected chi connectivity index (χ0v) is 19.9. The Balaban J connectivity index is 2.10. The molecular formula is C29H40O2. The predicted molar refractivity (Wildman–Crippen MR) is 135 cm³/mol. The third-order valence-corrected chi connectivity index (χ3v) is 4.72. The molecule has 0 aliphatic carbocycles. The van der Waals surface area contributed by atoms with E-state index in [1.54, 1.807) is 0 Å². The molecule has 0 aliphatic rings. The van der Waals surface area contributed by atoms with Crippen molar-refractivity contribution in [2.24, 2.45) is 0 Å². The quantitative estimate of drug-likeness (QED) is 0.131. The zero-order valence-electron chi connectivity index (χ0n) is 19.9. The topological polar surface area (TPSA) is 26.3 Å². The summed E-state index contributed by atoms with van der Waals surface area (Å²) in [5, 5.41) is 0. The standard InChI is InChI=1S/C29H40O2/c1-5-6-7-8-9-10-11-12-13-14-15-16-17-18-19-20-21-22-28(30)31-29-26(3)23-25(2)24-27(29)4/h6-7,9-10,12-13,15-16,19-20,23-24H,5,8,11,14,17-18,21-22H2,1-4H3. The van der Waals surface area contributed by atoms with E-state index in [4.69, 9.17) is 4.74 Å². The summed E-state index contributed by atoms with van der Waals surface area (Å²) in [6.07, 6.45) is 29.2.